The fourth-order valence-corrected chi connectivity index (χ4v) is 2.86. The molecule has 1 N–H and O–H groups in total. The predicted molar refractivity (Wildman–Crippen MR) is 86.9 cm³/mol. The van der Waals surface area contributed by atoms with Crippen LogP contribution in [0.15, 0.2) is 35.7 Å². The third-order valence-electron chi connectivity index (χ3n) is 3.20. The number of hydrogen-bond donors (Lipinski definition) is 1. The van der Waals surface area contributed by atoms with Crippen molar-refractivity contribution in [2.24, 2.45) is 0 Å². The van der Waals surface area contributed by atoms with Gasteiger partial charge in [-0.1, -0.05) is 13.8 Å². The summed E-state index contributed by atoms with van der Waals surface area (Å²) in [6.07, 6.45) is 4.89. The number of pyridine rings is 1. The lowest BCUT2D eigenvalue weighted by atomic mass is 10.1. The van der Waals surface area contributed by atoms with E-state index in [1.807, 2.05) is 12.1 Å². The molecule has 0 unspecified atom stereocenters. The van der Waals surface area contributed by atoms with Gasteiger partial charge in [-0.3, -0.25) is 9.78 Å². The zero-order valence-corrected chi connectivity index (χ0v) is 13.9. The minimum atomic E-state index is -0.951. The van der Waals surface area contributed by atoms with Crippen LogP contribution < -0.4 is 0 Å². The Hall–Kier alpha value is -1.95. The number of carbonyl (C=O) groups is 1. The molecule has 6 heteroatoms. The molecule has 0 bridgehead atoms. The smallest absolute Gasteiger partial charge is 0.319 e. The summed E-state index contributed by atoms with van der Waals surface area (Å²) in [5.74, 6) is -0.557. The van der Waals surface area contributed by atoms with Crippen molar-refractivity contribution in [3.8, 4) is 11.3 Å². The Kier molecular flexibility index (Phi) is 4.81. The Morgan fingerprint density at radius 3 is 2.68 bits per heavy atom. The van der Waals surface area contributed by atoms with Gasteiger partial charge in [-0.15, -0.1) is 11.8 Å². The first-order valence-corrected chi connectivity index (χ1v) is 7.81. The molecule has 0 spiro atoms. The van der Waals surface area contributed by atoms with Crippen molar-refractivity contribution in [2.75, 3.05) is 0 Å². The van der Waals surface area contributed by atoms with Crippen LogP contribution in [-0.2, 0) is 4.79 Å². The van der Waals surface area contributed by atoms with E-state index in [2.05, 4.69) is 28.8 Å². The minimum Gasteiger partial charge on any atom is -0.480 e. The van der Waals surface area contributed by atoms with Crippen LogP contribution in [0.1, 0.15) is 39.3 Å². The van der Waals surface area contributed by atoms with Gasteiger partial charge in [0, 0.05) is 23.7 Å². The molecule has 2 aromatic heterocycles. The lowest BCUT2D eigenvalue weighted by Crippen LogP contribution is -2.27. The summed E-state index contributed by atoms with van der Waals surface area (Å²) < 4.78 is -0.951. The van der Waals surface area contributed by atoms with Gasteiger partial charge in [0.25, 0.3) is 0 Å². The summed E-state index contributed by atoms with van der Waals surface area (Å²) in [5.41, 5.74) is 2.63. The van der Waals surface area contributed by atoms with Crippen molar-refractivity contribution in [3.63, 3.8) is 0 Å². The van der Waals surface area contributed by atoms with Crippen molar-refractivity contribution in [1.82, 2.24) is 15.0 Å². The monoisotopic (exact) mass is 317 g/mol. The van der Waals surface area contributed by atoms with Crippen molar-refractivity contribution in [1.29, 1.82) is 0 Å². The van der Waals surface area contributed by atoms with Crippen LogP contribution in [-0.4, -0.2) is 30.8 Å². The summed E-state index contributed by atoms with van der Waals surface area (Å²) in [4.78, 5) is 24.8. The molecule has 0 saturated carbocycles. The molecule has 0 atom stereocenters. The Morgan fingerprint density at radius 1 is 1.32 bits per heavy atom. The molecule has 5 nitrogen and oxygen atoms in total. The summed E-state index contributed by atoms with van der Waals surface area (Å²) >= 11 is 1.24. The molecule has 2 rings (SSSR count). The first-order chi connectivity index (χ1) is 10.3. The van der Waals surface area contributed by atoms with Gasteiger partial charge >= 0.3 is 5.97 Å². The highest BCUT2D eigenvalue weighted by atomic mass is 32.2. The largest absolute Gasteiger partial charge is 0.480 e. The van der Waals surface area contributed by atoms with Gasteiger partial charge in [0.05, 0.1) is 10.6 Å². The number of nitrogens with zero attached hydrogens (tertiary/aromatic N) is 3. The summed E-state index contributed by atoms with van der Waals surface area (Å²) in [6, 6.07) is 3.87. The molecule has 0 aliphatic heterocycles. The quantitative estimate of drug-likeness (QED) is 0.849. The van der Waals surface area contributed by atoms with Crippen molar-refractivity contribution in [2.45, 2.75) is 43.3 Å². The van der Waals surface area contributed by atoms with E-state index < -0.39 is 10.7 Å². The third kappa shape index (κ3) is 3.62. The second-order valence-corrected chi connectivity index (χ2v) is 7.44. The average molecular weight is 317 g/mol. The van der Waals surface area contributed by atoms with Gasteiger partial charge in [-0.25, -0.2) is 9.97 Å². The molecule has 0 fully saturated rings. The molecule has 0 aliphatic carbocycles. The molecule has 0 radical (unpaired) electrons. The molecule has 0 amide bonds. The molecule has 22 heavy (non-hydrogen) atoms. The molecule has 0 saturated heterocycles. The number of aliphatic carboxylic acids is 1. The lowest BCUT2D eigenvalue weighted by Gasteiger charge is -2.19. The fraction of sp³-hybridized carbons (Fsp3) is 0.375. The summed E-state index contributed by atoms with van der Waals surface area (Å²) in [7, 11) is 0. The fourth-order valence-electron chi connectivity index (χ4n) is 1.84. The van der Waals surface area contributed by atoms with Gasteiger partial charge < -0.3 is 5.11 Å². The first kappa shape index (κ1) is 16.4. The zero-order chi connectivity index (χ0) is 16.3. The topological polar surface area (TPSA) is 76.0 Å². The van der Waals surface area contributed by atoms with Crippen LogP contribution in [0.2, 0.25) is 0 Å². The van der Waals surface area contributed by atoms with Gasteiger partial charge in [-0.2, -0.15) is 0 Å². The van der Waals surface area contributed by atoms with Crippen LogP contribution in [0.25, 0.3) is 11.3 Å². The maximum absolute atomic E-state index is 11.3. The van der Waals surface area contributed by atoms with Crippen molar-refractivity contribution < 1.29 is 9.90 Å². The van der Waals surface area contributed by atoms with E-state index in [9.17, 15) is 9.90 Å². The van der Waals surface area contributed by atoms with Crippen LogP contribution in [0.5, 0.6) is 0 Å². The van der Waals surface area contributed by atoms with Gasteiger partial charge in [0.2, 0.25) is 0 Å². The highest BCUT2D eigenvalue weighted by Gasteiger charge is 2.30. The lowest BCUT2D eigenvalue weighted by molar-refractivity contribution is -0.138. The Labute approximate surface area is 134 Å². The van der Waals surface area contributed by atoms with E-state index in [-0.39, 0.29) is 0 Å². The molecular weight excluding hydrogens is 298 g/mol. The number of carboxylic acids is 1. The second-order valence-electron chi connectivity index (χ2n) is 5.78. The standard InChI is InChI=1S/C16H19N3O2S/c1-10(2)12-7-11(5-6-18-12)14-13(8-17-9-19-14)22-16(3,4)15(20)21/h5-10H,1-4H3,(H,20,21). The van der Waals surface area contributed by atoms with Gasteiger partial charge in [-0.05, 0) is 31.9 Å². The highest BCUT2D eigenvalue weighted by Crippen LogP contribution is 2.37. The van der Waals surface area contributed by atoms with E-state index in [4.69, 9.17) is 0 Å². The third-order valence-corrected chi connectivity index (χ3v) is 4.41. The number of aromatic nitrogens is 3. The molecule has 0 aliphatic rings. The second kappa shape index (κ2) is 6.44. The van der Waals surface area contributed by atoms with E-state index in [1.165, 1.54) is 18.1 Å². The predicted octanol–water partition coefficient (Wildman–Crippen LogP) is 3.62. The first-order valence-electron chi connectivity index (χ1n) is 7.00. The van der Waals surface area contributed by atoms with E-state index in [0.717, 1.165) is 21.8 Å². The Bertz CT molecular complexity index is 687. The number of rotatable bonds is 5. The number of carboxylic acid groups (broad SMARTS) is 1. The summed E-state index contributed by atoms with van der Waals surface area (Å²) in [5, 5.41) is 9.31. The normalized spacial score (nSPS) is 11.7. The van der Waals surface area contributed by atoms with Crippen LogP contribution in [0.4, 0.5) is 0 Å². The van der Waals surface area contributed by atoms with E-state index in [1.54, 1.807) is 26.2 Å². The molecule has 116 valence electrons. The van der Waals surface area contributed by atoms with Crippen molar-refractivity contribution in [3.05, 3.63) is 36.5 Å². The van der Waals surface area contributed by atoms with Crippen molar-refractivity contribution >= 4 is 17.7 Å². The molecule has 2 aromatic rings. The zero-order valence-electron chi connectivity index (χ0n) is 13.1. The molecule has 2 heterocycles. The summed E-state index contributed by atoms with van der Waals surface area (Å²) in [6.45, 7) is 7.50. The van der Waals surface area contributed by atoms with Gasteiger partial charge in [0.15, 0.2) is 0 Å². The average Bonchev–Trinajstić information content (AvgIpc) is 2.47. The van der Waals surface area contributed by atoms with E-state index in [0.29, 0.717) is 5.92 Å². The Balaban J connectivity index is 2.45. The number of thioether (sulfide) groups is 1. The van der Waals surface area contributed by atoms with E-state index >= 15 is 0 Å². The Morgan fingerprint density at radius 2 is 2.05 bits per heavy atom. The SMILES string of the molecule is CC(C)c1cc(-c2ncncc2SC(C)(C)C(=O)O)ccn1. The molecule has 0 aromatic carbocycles. The maximum atomic E-state index is 11.3. The number of hydrogen-bond acceptors (Lipinski definition) is 5. The molecular formula is C16H19N3O2S. The van der Waals surface area contributed by atoms with Crippen LogP contribution >= 0.6 is 11.8 Å². The maximum Gasteiger partial charge on any atom is 0.319 e. The van der Waals surface area contributed by atoms with Gasteiger partial charge in [0.1, 0.15) is 11.1 Å². The van der Waals surface area contributed by atoms with Crippen LogP contribution in [0, 0.1) is 0 Å². The highest BCUT2D eigenvalue weighted by molar-refractivity contribution is 8.01. The minimum absolute atomic E-state index is 0.313. The van der Waals surface area contributed by atoms with Crippen LogP contribution in [0.3, 0.4) is 0 Å².